The van der Waals surface area contributed by atoms with E-state index < -0.39 is 18.1 Å². The van der Waals surface area contributed by atoms with Gasteiger partial charge in [0.1, 0.15) is 12.3 Å². The zero-order valence-electron chi connectivity index (χ0n) is 13.2. The summed E-state index contributed by atoms with van der Waals surface area (Å²) in [5.41, 5.74) is 0.135. The summed E-state index contributed by atoms with van der Waals surface area (Å²) in [7, 11) is 1.57. The molecule has 1 aromatic rings. The van der Waals surface area contributed by atoms with E-state index in [1.165, 1.54) is 4.90 Å². The summed E-state index contributed by atoms with van der Waals surface area (Å²) in [5.74, 6) is 0.458. The minimum Gasteiger partial charge on any atom is -0.497 e. The van der Waals surface area contributed by atoms with Gasteiger partial charge in [-0.15, -0.1) is 0 Å². The lowest BCUT2D eigenvalue weighted by atomic mass is 9.77. The molecule has 2 fully saturated rings. The fourth-order valence-electron chi connectivity index (χ4n) is 3.65. The van der Waals surface area contributed by atoms with Crippen molar-refractivity contribution in [1.82, 2.24) is 4.90 Å². The van der Waals surface area contributed by atoms with Crippen molar-refractivity contribution in [3.8, 4) is 5.75 Å². The Hall–Kier alpha value is -1.69. The van der Waals surface area contributed by atoms with Crippen LogP contribution < -0.4 is 4.74 Å². The number of nitrogens with zero attached hydrogens (tertiary/aromatic N) is 1. The summed E-state index contributed by atoms with van der Waals surface area (Å²) in [6.45, 7) is -0.593. The minimum atomic E-state index is -3.26. The Balaban J connectivity index is 1.92. The van der Waals surface area contributed by atoms with Gasteiger partial charge in [-0.05, 0) is 30.5 Å². The lowest BCUT2D eigenvalue weighted by molar-refractivity contribution is -0.268. The van der Waals surface area contributed by atoms with E-state index in [2.05, 4.69) is 4.74 Å². The molecular formula is C17H21F2NO3. The number of carbonyl (C=O) groups is 1. The van der Waals surface area contributed by atoms with Gasteiger partial charge < -0.3 is 14.4 Å². The van der Waals surface area contributed by atoms with Crippen LogP contribution in [-0.2, 0) is 14.9 Å². The number of benzene rings is 1. The standard InChI is InChI=1S/C17H21F2NO3/c1-22-14-6-4-5-13(11-14)16(7-2-3-8-16)15(21)20-9-10-23-17(18,19)12-20/h4-6,11H,2-3,7-10,12H2,1H3. The molecular weight excluding hydrogens is 304 g/mol. The molecule has 126 valence electrons. The first-order chi connectivity index (χ1) is 11.0. The highest BCUT2D eigenvalue weighted by atomic mass is 19.3. The normalized spacial score (nSPS) is 22.8. The third kappa shape index (κ3) is 3.04. The van der Waals surface area contributed by atoms with E-state index in [1.807, 2.05) is 24.3 Å². The van der Waals surface area contributed by atoms with E-state index in [4.69, 9.17) is 4.74 Å². The molecule has 0 spiro atoms. The summed E-state index contributed by atoms with van der Waals surface area (Å²) in [6, 6.07) is 7.40. The minimum absolute atomic E-state index is 0.132. The zero-order valence-corrected chi connectivity index (χ0v) is 13.2. The Morgan fingerprint density at radius 3 is 2.70 bits per heavy atom. The maximum absolute atomic E-state index is 13.5. The maximum atomic E-state index is 13.5. The van der Waals surface area contributed by atoms with Crippen LogP contribution in [0.1, 0.15) is 31.2 Å². The number of carbonyl (C=O) groups excluding carboxylic acids is 1. The molecule has 0 atom stereocenters. The lowest BCUT2D eigenvalue weighted by Crippen LogP contribution is -2.54. The van der Waals surface area contributed by atoms with Crippen LogP contribution >= 0.6 is 0 Å². The number of ether oxygens (including phenoxy) is 2. The van der Waals surface area contributed by atoms with Crippen LogP contribution in [0.3, 0.4) is 0 Å². The van der Waals surface area contributed by atoms with Gasteiger partial charge in [0.15, 0.2) is 0 Å². The Bertz CT molecular complexity index is 585. The first-order valence-corrected chi connectivity index (χ1v) is 7.93. The van der Waals surface area contributed by atoms with E-state index in [1.54, 1.807) is 7.11 Å². The Morgan fingerprint density at radius 2 is 2.04 bits per heavy atom. The summed E-state index contributed by atoms with van der Waals surface area (Å²) < 4.78 is 36.7. The third-order valence-electron chi connectivity index (χ3n) is 4.83. The summed E-state index contributed by atoms with van der Waals surface area (Å²) >= 11 is 0. The molecule has 0 unspecified atom stereocenters. The van der Waals surface area contributed by atoms with Crippen molar-refractivity contribution in [2.24, 2.45) is 0 Å². The third-order valence-corrected chi connectivity index (χ3v) is 4.83. The number of halogens is 2. The molecule has 1 aliphatic carbocycles. The lowest BCUT2D eigenvalue weighted by Gasteiger charge is -2.39. The highest BCUT2D eigenvalue weighted by Crippen LogP contribution is 2.44. The first kappa shape index (κ1) is 16.2. The molecule has 2 aliphatic rings. The molecule has 1 amide bonds. The van der Waals surface area contributed by atoms with Crippen molar-refractivity contribution in [3.05, 3.63) is 29.8 Å². The molecule has 0 radical (unpaired) electrons. The second-order valence-corrected chi connectivity index (χ2v) is 6.23. The molecule has 1 aromatic carbocycles. The monoisotopic (exact) mass is 325 g/mol. The van der Waals surface area contributed by atoms with E-state index in [0.29, 0.717) is 18.6 Å². The van der Waals surface area contributed by atoms with Gasteiger partial charge in [-0.2, -0.15) is 8.78 Å². The van der Waals surface area contributed by atoms with Crippen LogP contribution in [0.5, 0.6) is 5.75 Å². The zero-order chi connectivity index (χ0) is 16.5. The topological polar surface area (TPSA) is 38.8 Å². The van der Waals surface area contributed by atoms with Crippen molar-refractivity contribution in [2.75, 3.05) is 26.8 Å². The fraction of sp³-hybridized carbons (Fsp3) is 0.588. The summed E-state index contributed by atoms with van der Waals surface area (Å²) in [5, 5.41) is 0. The van der Waals surface area contributed by atoms with Crippen molar-refractivity contribution >= 4 is 5.91 Å². The number of morpholine rings is 1. The first-order valence-electron chi connectivity index (χ1n) is 7.93. The van der Waals surface area contributed by atoms with Crippen LogP contribution in [0.4, 0.5) is 8.78 Å². The van der Waals surface area contributed by atoms with Crippen LogP contribution in [0.2, 0.25) is 0 Å². The van der Waals surface area contributed by atoms with Gasteiger partial charge in [-0.3, -0.25) is 4.79 Å². The van der Waals surface area contributed by atoms with E-state index in [-0.39, 0.29) is 19.1 Å². The molecule has 1 saturated heterocycles. The summed E-state index contributed by atoms with van der Waals surface area (Å²) in [6.07, 6.45) is -0.0562. The molecule has 0 bridgehead atoms. The number of rotatable bonds is 3. The second kappa shape index (κ2) is 6.07. The van der Waals surface area contributed by atoms with Crippen molar-refractivity contribution in [3.63, 3.8) is 0 Å². The van der Waals surface area contributed by atoms with Gasteiger partial charge in [0, 0.05) is 6.54 Å². The van der Waals surface area contributed by atoms with Gasteiger partial charge >= 0.3 is 6.11 Å². The quantitative estimate of drug-likeness (QED) is 0.858. The van der Waals surface area contributed by atoms with E-state index >= 15 is 0 Å². The highest BCUT2D eigenvalue weighted by molar-refractivity contribution is 5.89. The molecule has 1 heterocycles. The smallest absolute Gasteiger partial charge is 0.373 e. The van der Waals surface area contributed by atoms with Crippen molar-refractivity contribution in [2.45, 2.75) is 37.2 Å². The molecule has 1 saturated carbocycles. The number of amides is 1. The van der Waals surface area contributed by atoms with Crippen LogP contribution in [-0.4, -0.2) is 43.7 Å². The highest BCUT2D eigenvalue weighted by Gasteiger charge is 2.48. The molecule has 1 aliphatic heterocycles. The Labute approximate surface area is 134 Å². The molecule has 6 heteroatoms. The molecule has 23 heavy (non-hydrogen) atoms. The van der Waals surface area contributed by atoms with Gasteiger partial charge in [0.05, 0.1) is 19.1 Å². The van der Waals surface area contributed by atoms with Gasteiger partial charge in [0.25, 0.3) is 0 Å². The van der Waals surface area contributed by atoms with E-state index in [0.717, 1.165) is 18.4 Å². The SMILES string of the molecule is COc1cccc(C2(C(=O)N3CCOC(F)(F)C3)CCCC2)c1. The predicted molar refractivity (Wildman–Crippen MR) is 80.6 cm³/mol. The predicted octanol–water partition coefficient (Wildman–Crippen LogP) is 2.96. The summed E-state index contributed by atoms with van der Waals surface area (Å²) in [4.78, 5) is 14.4. The molecule has 0 aromatic heterocycles. The van der Waals surface area contributed by atoms with Crippen molar-refractivity contribution < 1.29 is 23.0 Å². The number of hydrogen-bond acceptors (Lipinski definition) is 3. The molecule has 3 rings (SSSR count). The van der Waals surface area contributed by atoms with Crippen LogP contribution in [0.25, 0.3) is 0 Å². The van der Waals surface area contributed by atoms with E-state index in [9.17, 15) is 13.6 Å². The Kier molecular flexibility index (Phi) is 4.27. The molecule has 4 nitrogen and oxygen atoms in total. The molecule has 0 N–H and O–H groups in total. The number of alkyl halides is 2. The van der Waals surface area contributed by atoms with Crippen LogP contribution in [0.15, 0.2) is 24.3 Å². The second-order valence-electron chi connectivity index (χ2n) is 6.23. The van der Waals surface area contributed by atoms with Crippen molar-refractivity contribution in [1.29, 1.82) is 0 Å². The van der Waals surface area contributed by atoms with Crippen LogP contribution in [0, 0.1) is 0 Å². The average molecular weight is 325 g/mol. The van der Waals surface area contributed by atoms with Gasteiger partial charge in [-0.25, -0.2) is 0 Å². The Morgan fingerprint density at radius 1 is 1.30 bits per heavy atom. The van der Waals surface area contributed by atoms with Gasteiger partial charge in [0.2, 0.25) is 5.91 Å². The maximum Gasteiger partial charge on any atom is 0.373 e. The van der Waals surface area contributed by atoms with Gasteiger partial charge in [-0.1, -0.05) is 25.0 Å². The fourth-order valence-corrected chi connectivity index (χ4v) is 3.65. The number of methoxy groups -OCH3 is 1. The average Bonchev–Trinajstić information content (AvgIpc) is 3.04. The largest absolute Gasteiger partial charge is 0.497 e. The number of hydrogen-bond donors (Lipinski definition) is 0.